The van der Waals surface area contributed by atoms with Crippen LogP contribution < -0.4 is 15.2 Å². The standard InChI is InChI=1S/C16H19N3O4/c1-23-14-6-4-12(5-7-14)9-15(20)18-13-10-17-19(11-13)8-2-3-16(21)22/h4-7,10-11H,2-3,8-9H2,1H3,(H,18,20)(H,21,22)/p-1. The second-order valence-corrected chi connectivity index (χ2v) is 5.04. The first kappa shape index (κ1) is 16.5. The summed E-state index contributed by atoms with van der Waals surface area (Å²) in [6.45, 7) is 0.461. The summed E-state index contributed by atoms with van der Waals surface area (Å²) in [7, 11) is 1.59. The van der Waals surface area contributed by atoms with E-state index < -0.39 is 5.97 Å². The van der Waals surface area contributed by atoms with Gasteiger partial charge in [-0.1, -0.05) is 12.1 Å². The van der Waals surface area contributed by atoms with Crippen molar-refractivity contribution in [3.05, 3.63) is 42.2 Å². The second kappa shape index (κ2) is 7.98. The largest absolute Gasteiger partial charge is 0.550 e. The number of amides is 1. The van der Waals surface area contributed by atoms with Crippen molar-refractivity contribution in [3.63, 3.8) is 0 Å². The van der Waals surface area contributed by atoms with Gasteiger partial charge in [0, 0.05) is 18.7 Å². The van der Waals surface area contributed by atoms with E-state index in [9.17, 15) is 14.7 Å². The fourth-order valence-electron chi connectivity index (χ4n) is 2.07. The molecule has 1 amide bonds. The summed E-state index contributed by atoms with van der Waals surface area (Å²) >= 11 is 0. The van der Waals surface area contributed by atoms with E-state index >= 15 is 0 Å². The van der Waals surface area contributed by atoms with Crippen LogP contribution in [0.3, 0.4) is 0 Å². The smallest absolute Gasteiger partial charge is 0.228 e. The zero-order chi connectivity index (χ0) is 16.7. The number of anilines is 1. The highest BCUT2D eigenvalue weighted by atomic mass is 16.5. The van der Waals surface area contributed by atoms with E-state index in [1.165, 1.54) is 6.20 Å². The summed E-state index contributed by atoms with van der Waals surface area (Å²) in [5.74, 6) is -0.485. The van der Waals surface area contributed by atoms with Gasteiger partial charge in [0.1, 0.15) is 5.75 Å². The third-order valence-electron chi connectivity index (χ3n) is 3.21. The van der Waals surface area contributed by atoms with Crippen LogP contribution >= 0.6 is 0 Å². The number of nitrogens with zero attached hydrogens (tertiary/aromatic N) is 2. The zero-order valence-electron chi connectivity index (χ0n) is 12.8. The van der Waals surface area contributed by atoms with Crippen molar-refractivity contribution in [3.8, 4) is 5.75 Å². The van der Waals surface area contributed by atoms with Crippen LogP contribution in [0.4, 0.5) is 5.69 Å². The van der Waals surface area contributed by atoms with Gasteiger partial charge in [0.2, 0.25) is 5.91 Å². The molecule has 0 radical (unpaired) electrons. The number of hydrogen-bond acceptors (Lipinski definition) is 5. The van der Waals surface area contributed by atoms with E-state index in [2.05, 4.69) is 10.4 Å². The van der Waals surface area contributed by atoms with Gasteiger partial charge in [0.15, 0.2) is 0 Å². The van der Waals surface area contributed by atoms with Crippen molar-refractivity contribution in [2.75, 3.05) is 12.4 Å². The summed E-state index contributed by atoms with van der Waals surface area (Å²) in [6, 6.07) is 7.28. The van der Waals surface area contributed by atoms with E-state index in [0.717, 1.165) is 11.3 Å². The predicted molar refractivity (Wildman–Crippen MR) is 81.8 cm³/mol. The maximum Gasteiger partial charge on any atom is 0.228 e. The van der Waals surface area contributed by atoms with Gasteiger partial charge in [0.05, 0.1) is 25.4 Å². The van der Waals surface area contributed by atoms with Crippen LogP contribution in [-0.2, 0) is 22.6 Å². The van der Waals surface area contributed by atoms with E-state index in [1.54, 1.807) is 30.1 Å². The Bertz CT molecular complexity index is 664. The van der Waals surface area contributed by atoms with Crippen LogP contribution in [0.5, 0.6) is 5.75 Å². The minimum absolute atomic E-state index is 0.0149. The number of aromatic nitrogens is 2. The van der Waals surface area contributed by atoms with Crippen LogP contribution in [0, 0.1) is 0 Å². The summed E-state index contributed by atoms with van der Waals surface area (Å²) in [5, 5.41) is 17.2. The Balaban J connectivity index is 1.82. The molecule has 122 valence electrons. The van der Waals surface area contributed by atoms with Gasteiger partial charge in [-0.15, -0.1) is 0 Å². The maximum atomic E-state index is 12.0. The third kappa shape index (κ3) is 5.46. The van der Waals surface area contributed by atoms with Crippen LogP contribution in [0.2, 0.25) is 0 Å². The number of methoxy groups -OCH3 is 1. The molecule has 7 heteroatoms. The van der Waals surface area contributed by atoms with Crippen molar-refractivity contribution in [1.82, 2.24) is 9.78 Å². The number of aryl methyl sites for hydroxylation is 1. The van der Waals surface area contributed by atoms with E-state index in [0.29, 0.717) is 18.7 Å². The lowest BCUT2D eigenvalue weighted by atomic mass is 10.1. The lowest BCUT2D eigenvalue weighted by Gasteiger charge is -2.04. The highest BCUT2D eigenvalue weighted by Gasteiger charge is 2.06. The number of carbonyl (C=O) groups excluding carboxylic acids is 2. The molecule has 0 saturated carbocycles. The lowest BCUT2D eigenvalue weighted by molar-refractivity contribution is -0.305. The van der Waals surface area contributed by atoms with Crippen molar-refractivity contribution in [2.45, 2.75) is 25.8 Å². The quantitative estimate of drug-likeness (QED) is 0.769. The molecule has 0 aliphatic rings. The fraction of sp³-hybridized carbons (Fsp3) is 0.312. The SMILES string of the molecule is COc1ccc(CC(=O)Nc2cnn(CCCC(=O)[O-])c2)cc1. The first-order valence-electron chi connectivity index (χ1n) is 7.22. The van der Waals surface area contributed by atoms with Crippen molar-refractivity contribution < 1.29 is 19.4 Å². The molecular formula is C16H18N3O4-. The zero-order valence-corrected chi connectivity index (χ0v) is 12.8. The number of hydrogen-bond donors (Lipinski definition) is 1. The minimum atomic E-state index is -1.08. The number of carboxylic acids is 1. The Morgan fingerprint density at radius 2 is 2.04 bits per heavy atom. The second-order valence-electron chi connectivity index (χ2n) is 5.04. The molecule has 1 aromatic carbocycles. The molecule has 0 bridgehead atoms. The highest BCUT2D eigenvalue weighted by Crippen LogP contribution is 2.13. The molecule has 0 aliphatic heterocycles. The molecule has 0 spiro atoms. The molecule has 2 rings (SSSR count). The lowest BCUT2D eigenvalue weighted by Crippen LogP contribution is -2.22. The molecule has 0 aliphatic carbocycles. The molecule has 23 heavy (non-hydrogen) atoms. The molecular weight excluding hydrogens is 298 g/mol. The Kier molecular flexibility index (Phi) is 5.74. The average molecular weight is 316 g/mol. The molecule has 1 heterocycles. The molecule has 0 unspecified atom stereocenters. The van der Waals surface area contributed by atoms with Crippen molar-refractivity contribution in [2.24, 2.45) is 0 Å². The molecule has 2 aromatic rings. The van der Waals surface area contributed by atoms with Gasteiger partial charge < -0.3 is 20.0 Å². The van der Waals surface area contributed by atoms with Gasteiger partial charge in [-0.05, 0) is 30.5 Å². The Morgan fingerprint density at radius 1 is 1.30 bits per heavy atom. The Labute approximate surface area is 133 Å². The Hall–Kier alpha value is -2.83. The van der Waals surface area contributed by atoms with Gasteiger partial charge in [-0.3, -0.25) is 9.48 Å². The number of carbonyl (C=O) groups is 2. The van der Waals surface area contributed by atoms with Gasteiger partial charge in [0.25, 0.3) is 0 Å². The number of carboxylic acid groups (broad SMARTS) is 1. The topological polar surface area (TPSA) is 96.3 Å². The van der Waals surface area contributed by atoms with Crippen LogP contribution in [0.15, 0.2) is 36.7 Å². The first-order chi connectivity index (χ1) is 11.1. The minimum Gasteiger partial charge on any atom is -0.550 e. The average Bonchev–Trinajstić information content (AvgIpc) is 2.95. The molecule has 1 aromatic heterocycles. The molecule has 0 saturated heterocycles. The summed E-state index contributed by atoms with van der Waals surface area (Å²) in [6.07, 6.45) is 3.87. The highest BCUT2D eigenvalue weighted by molar-refractivity contribution is 5.91. The van der Waals surface area contributed by atoms with Crippen molar-refractivity contribution >= 4 is 17.6 Å². The number of aliphatic carboxylic acids is 1. The number of rotatable bonds is 8. The number of nitrogens with one attached hydrogen (secondary N) is 1. The van der Waals surface area contributed by atoms with Gasteiger partial charge >= 0.3 is 0 Å². The first-order valence-corrected chi connectivity index (χ1v) is 7.22. The molecule has 0 fully saturated rings. The number of benzene rings is 1. The summed E-state index contributed by atoms with van der Waals surface area (Å²) < 4.78 is 6.66. The van der Waals surface area contributed by atoms with E-state index in [4.69, 9.17) is 4.74 Å². The normalized spacial score (nSPS) is 10.3. The predicted octanol–water partition coefficient (Wildman–Crippen LogP) is 0.603. The number of ether oxygens (including phenoxy) is 1. The van der Waals surface area contributed by atoms with E-state index in [-0.39, 0.29) is 18.7 Å². The fourth-order valence-corrected chi connectivity index (χ4v) is 2.07. The molecule has 0 atom stereocenters. The van der Waals surface area contributed by atoms with E-state index in [1.807, 2.05) is 12.1 Å². The van der Waals surface area contributed by atoms with Gasteiger partial charge in [-0.25, -0.2) is 0 Å². The molecule has 7 nitrogen and oxygen atoms in total. The maximum absolute atomic E-state index is 12.0. The Morgan fingerprint density at radius 3 is 2.70 bits per heavy atom. The van der Waals surface area contributed by atoms with Crippen LogP contribution in [0.25, 0.3) is 0 Å². The van der Waals surface area contributed by atoms with Crippen LogP contribution in [-0.4, -0.2) is 28.8 Å². The molecule has 1 N–H and O–H groups in total. The third-order valence-corrected chi connectivity index (χ3v) is 3.21. The van der Waals surface area contributed by atoms with Gasteiger partial charge in [-0.2, -0.15) is 5.10 Å². The van der Waals surface area contributed by atoms with Crippen LogP contribution in [0.1, 0.15) is 18.4 Å². The summed E-state index contributed by atoms with van der Waals surface area (Å²) in [5.41, 5.74) is 1.46. The summed E-state index contributed by atoms with van der Waals surface area (Å²) in [4.78, 5) is 22.3. The van der Waals surface area contributed by atoms with Crippen molar-refractivity contribution in [1.29, 1.82) is 0 Å². The monoisotopic (exact) mass is 316 g/mol.